The van der Waals surface area contributed by atoms with Gasteiger partial charge in [0.1, 0.15) is 17.5 Å². The minimum atomic E-state index is -0.305. The average molecular weight is 257 g/mol. The Hall–Kier alpha value is -1.05. The van der Waals surface area contributed by atoms with Gasteiger partial charge in [0.2, 0.25) is 0 Å². The fraction of sp³-hybridized carbons (Fsp3) is 0.600. The molecule has 1 aliphatic heterocycles. The van der Waals surface area contributed by atoms with Crippen molar-refractivity contribution in [2.24, 2.45) is 0 Å². The Labute approximate surface area is 103 Å². The van der Waals surface area contributed by atoms with Crippen molar-refractivity contribution >= 4 is 17.6 Å². The average Bonchev–Trinajstić information content (AvgIpc) is 2.78. The Kier molecular flexibility index (Phi) is 4.03. The number of hydrogen-bond acceptors (Lipinski definition) is 6. The summed E-state index contributed by atoms with van der Waals surface area (Å²) in [6, 6.07) is 1.75. The SMILES string of the molecule is CNc1ccn(C2CS[C@H](COC)O2)c(=O)n1. The van der Waals surface area contributed by atoms with Crippen molar-refractivity contribution in [3.05, 3.63) is 22.7 Å². The molecule has 1 aliphatic rings. The molecule has 0 aromatic carbocycles. The van der Waals surface area contributed by atoms with E-state index in [1.165, 1.54) is 4.57 Å². The van der Waals surface area contributed by atoms with E-state index in [0.29, 0.717) is 12.4 Å². The first-order chi connectivity index (χ1) is 8.24. The molecule has 2 heterocycles. The second-order valence-electron chi connectivity index (χ2n) is 3.56. The number of rotatable bonds is 4. The van der Waals surface area contributed by atoms with E-state index >= 15 is 0 Å². The van der Waals surface area contributed by atoms with Gasteiger partial charge in [0.25, 0.3) is 0 Å². The fourth-order valence-electron chi connectivity index (χ4n) is 1.58. The summed E-state index contributed by atoms with van der Waals surface area (Å²) in [5.41, 5.74) is -0.318. The Bertz CT molecular complexity index is 437. The quantitative estimate of drug-likeness (QED) is 0.848. The number of nitrogens with zero attached hydrogens (tertiary/aromatic N) is 2. The number of thioether (sulfide) groups is 1. The standard InChI is InChI=1S/C10H15N3O3S/c1-11-7-3-4-13(10(14)12-7)8-6-17-9(16-8)5-15-2/h3-4,8-9H,5-6H2,1-2H3,(H,11,12,14)/t8?,9-/m1/s1. The Morgan fingerprint density at radius 2 is 2.59 bits per heavy atom. The molecule has 1 aromatic rings. The first-order valence-corrected chi connectivity index (χ1v) is 6.32. The third-order valence-corrected chi connectivity index (χ3v) is 3.53. The summed E-state index contributed by atoms with van der Waals surface area (Å²) in [4.78, 5) is 15.6. The van der Waals surface area contributed by atoms with Crippen molar-refractivity contribution in [1.82, 2.24) is 9.55 Å². The van der Waals surface area contributed by atoms with Gasteiger partial charge in [-0.25, -0.2) is 4.79 Å². The summed E-state index contributed by atoms with van der Waals surface area (Å²) in [5, 5.41) is 2.82. The van der Waals surface area contributed by atoms with E-state index in [0.717, 1.165) is 5.75 Å². The highest BCUT2D eigenvalue weighted by molar-refractivity contribution is 8.00. The maximum Gasteiger partial charge on any atom is 0.351 e. The van der Waals surface area contributed by atoms with Crippen LogP contribution in [-0.2, 0) is 9.47 Å². The molecule has 7 heteroatoms. The number of ether oxygens (including phenoxy) is 2. The maximum atomic E-state index is 11.7. The van der Waals surface area contributed by atoms with Gasteiger partial charge in [-0.05, 0) is 6.07 Å². The van der Waals surface area contributed by atoms with E-state index in [1.807, 2.05) is 0 Å². The van der Waals surface area contributed by atoms with Crippen LogP contribution in [0.4, 0.5) is 5.82 Å². The highest BCUT2D eigenvalue weighted by Crippen LogP contribution is 2.30. The molecule has 0 amide bonds. The number of anilines is 1. The lowest BCUT2D eigenvalue weighted by atomic mass is 10.5. The van der Waals surface area contributed by atoms with Crippen LogP contribution in [0.25, 0.3) is 0 Å². The first-order valence-electron chi connectivity index (χ1n) is 5.27. The van der Waals surface area contributed by atoms with Crippen molar-refractivity contribution in [3.8, 4) is 0 Å². The molecule has 0 radical (unpaired) electrons. The summed E-state index contributed by atoms with van der Waals surface area (Å²) >= 11 is 1.64. The minimum Gasteiger partial charge on any atom is -0.381 e. The normalized spacial score (nSPS) is 23.9. The van der Waals surface area contributed by atoms with Gasteiger partial charge in [0.05, 0.1) is 6.61 Å². The largest absolute Gasteiger partial charge is 0.381 e. The lowest BCUT2D eigenvalue weighted by Crippen LogP contribution is -2.28. The zero-order valence-electron chi connectivity index (χ0n) is 9.75. The van der Waals surface area contributed by atoms with Gasteiger partial charge in [-0.3, -0.25) is 4.57 Å². The van der Waals surface area contributed by atoms with Gasteiger partial charge in [-0.15, -0.1) is 11.8 Å². The van der Waals surface area contributed by atoms with E-state index in [4.69, 9.17) is 9.47 Å². The van der Waals surface area contributed by atoms with Crippen LogP contribution in [-0.4, -0.2) is 41.5 Å². The molecule has 0 spiro atoms. The summed E-state index contributed by atoms with van der Waals surface area (Å²) in [7, 11) is 3.36. The molecule has 94 valence electrons. The Morgan fingerprint density at radius 3 is 3.24 bits per heavy atom. The molecule has 6 nitrogen and oxygen atoms in total. The van der Waals surface area contributed by atoms with Crippen molar-refractivity contribution in [2.75, 3.05) is 31.8 Å². The van der Waals surface area contributed by atoms with Crippen molar-refractivity contribution in [3.63, 3.8) is 0 Å². The summed E-state index contributed by atoms with van der Waals surface area (Å²) < 4.78 is 12.2. The van der Waals surface area contributed by atoms with Crippen molar-refractivity contribution in [1.29, 1.82) is 0 Å². The van der Waals surface area contributed by atoms with E-state index in [2.05, 4.69) is 10.3 Å². The van der Waals surface area contributed by atoms with E-state index in [9.17, 15) is 4.79 Å². The zero-order chi connectivity index (χ0) is 12.3. The van der Waals surface area contributed by atoms with Gasteiger partial charge in [0, 0.05) is 26.1 Å². The molecule has 17 heavy (non-hydrogen) atoms. The van der Waals surface area contributed by atoms with Crippen LogP contribution in [0.2, 0.25) is 0 Å². The fourth-order valence-corrected chi connectivity index (χ4v) is 2.64. The molecule has 0 bridgehead atoms. The summed E-state index contributed by atoms with van der Waals surface area (Å²) in [5.74, 6) is 1.29. The Balaban J connectivity index is 2.11. The van der Waals surface area contributed by atoms with Crippen LogP contribution in [0.3, 0.4) is 0 Å². The summed E-state index contributed by atoms with van der Waals surface area (Å²) in [6.07, 6.45) is 1.44. The van der Waals surface area contributed by atoms with Crippen LogP contribution in [0, 0.1) is 0 Å². The van der Waals surface area contributed by atoms with Crippen LogP contribution in [0.5, 0.6) is 0 Å². The van der Waals surface area contributed by atoms with Crippen LogP contribution < -0.4 is 11.0 Å². The molecule has 1 fully saturated rings. The predicted molar refractivity (Wildman–Crippen MR) is 66.3 cm³/mol. The minimum absolute atomic E-state index is 0.0131. The molecular formula is C10H15N3O3S. The van der Waals surface area contributed by atoms with Gasteiger partial charge in [0.15, 0.2) is 0 Å². The first kappa shape index (κ1) is 12.4. The monoisotopic (exact) mass is 257 g/mol. The lowest BCUT2D eigenvalue weighted by molar-refractivity contribution is -0.0152. The molecule has 0 aliphatic carbocycles. The van der Waals surface area contributed by atoms with E-state index in [-0.39, 0.29) is 17.4 Å². The van der Waals surface area contributed by atoms with Crippen molar-refractivity contribution in [2.45, 2.75) is 11.7 Å². The zero-order valence-corrected chi connectivity index (χ0v) is 10.6. The van der Waals surface area contributed by atoms with Gasteiger partial charge >= 0.3 is 5.69 Å². The van der Waals surface area contributed by atoms with E-state index in [1.54, 1.807) is 38.2 Å². The molecule has 2 rings (SSSR count). The van der Waals surface area contributed by atoms with Gasteiger partial charge < -0.3 is 14.8 Å². The molecule has 1 N–H and O–H groups in total. The van der Waals surface area contributed by atoms with Crippen LogP contribution in [0.1, 0.15) is 6.23 Å². The number of hydrogen-bond donors (Lipinski definition) is 1. The molecule has 1 saturated heterocycles. The number of methoxy groups -OCH3 is 1. The topological polar surface area (TPSA) is 65.4 Å². The maximum absolute atomic E-state index is 11.7. The second kappa shape index (κ2) is 5.52. The van der Waals surface area contributed by atoms with E-state index < -0.39 is 0 Å². The van der Waals surface area contributed by atoms with Crippen LogP contribution in [0.15, 0.2) is 17.1 Å². The van der Waals surface area contributed by atoms with Crippen LogP contribution >= 0.6 is 11.8 Å². The highest BCUT2D eigenvalue weighted by atomic mass is 32.2. The smallest absolute Gasteiger partial charge is 0.351 e. The second-order valence-corrected chi connectivity index (χ2v) is 4.75. The molecular weight excluding hydrogens is 242 g/mol. The van der Waals surface area contributed by atoms with Gasteiger partial charge in [-0.2, -0.15) is 4.98 Å². The lowest BCUT2D eigenvalue weighted by Gasteiger charge is -2.14. The Morgan fingerprint density at radius 1 is 1.76 bits per heavy atom. The van der Waals surface area contributed by atoms with Gasteiger partial charge in [-0.1, -0.05) is 0 Å². The third-order valence-electron chi connectivity index (χ3n) is 2.43. The third kappa shape index (κ3) is 2.80. The number of nitrogens with one attached hydrogen (secondary N) is 1. The van der Waals surface area contributed by atoms with Crippen molar-refractivity contribution < 1.29 is 9.47 Å². The predicted octanol–water partition coefficient (Wildman–Crippen LogP) is 0.519. The number of aromatic nitrogens is 2. The highest BCUT2D eigenvalue weighted by Gasteiger charge is 2.27. The molecule has 1 unspecified atom stereocenters. The summed E-state index contributed by atoms with van der Waals surface area (Å²) in [6.45, 7) is 0.526. The molecule has 0 saturated carbocycles. The molecule has 1 aromatic heterocycles. The molecule has 2 atom stereocenters.